The highest BCUT2D eigenvalue weighted by Gasteiger charge is 2.31. The smallest absolute Gasteiger partial charge is 0.237 e. The Balaban J connectivity index is 2.10. The lowest BCUT2D eigenvalue weighted by atomic mass is 9.92. The number of carbonyl (C=O) groups is 1. The van der Waals surface area contributed by atoms with E-state index < -0.39 is 5.54 Å². The maximum Gasteiger partial charge on any atom is 0.237 e. The zero-order valence-corrected chi connectivity index (χ0v) is 10.6. The molecule has 1 aromatic carbocycles. The van der Waals surface area contributed by atoms with Gasteiger partial charge in [0.05, 0.1) is 18.2 Å². The van der Waals surface area contributed by atoms with Crippen LogP contribution in [0.4, 0.5) is 0 Å². The van der Waals surface area contributed by atoms with Gasteiger partial charge in [0, 0.05) is 0 Å². The van der Waals surface area contributed by atoms with Crippen molar-refractivity contribution in [3.63, 3.8) is 0 Å². The van der Waals surface area contributed by atoms with E-state index in [-0.39, 0.29) is 18.6 Å². The molecule has 4 nitrogen and oxygen atoms in total. The van der Waals surface area contributed by atoms with Crippen LogP contribution in [0.3, 0.4) is 0 Å². The fraction of sp³-hybridized carbons (Fsp3) is 0.500. The van der Waals surface area contributed by atoms with Gasteiger partial charge in [0.1, 0.15) is 0 Å². The van der Waals surface area contributed by atoms with E-state index in [4.69, 9.17) is 0 Å². The lowest BCUT2D eigenvalue weighted by Crippen LogP contribution is -2.52. The fourth-order valence-corrected chi connectivity index (χ4v) is 2.28. The van der Waals surface area contributed by atoms with Crippen molar-refractivity contribution in [1.29, 1.82) is 0 Å². The predicted molar refractivity (Wildman–Crippen MR) is 70.0 cm³/mol. The lowest BCUT2D eigenvalue weighted by Gasteiger charge is -2.30. The molecule has 0 aromatic heterocycles. The van der Waals surface area contributed by atoms with Crippen molar-refractivity contribution < 1.29 is 9.90 Å². The summed E-state index contributed by atoms with van der Waals surface area (Å²) in [6, 6.07) is 9.44. The molecule has 1 fully saturated rings. The third-order valence-electron chi connectivity index (χ3n) is 3.50. The Morgan fingerprint density at radius 2 is 2.22 bits per heavy atom. The zero-order chi connectivity index (χ0) is 13.0. The largest absolute Gasteiger partial charge is 0.394 e. The van der Waals surface area contributed by atoms with Gasteiger partial charge in [-0.3, -0.25) is 4.79 Å². The molecule has 1 aliphatic heterocycles. The maximum absolute atomic E-state index is 12.1. The molecule has 0 bridgehead atoms. The average molecular weight is 248 g/mol. The summed E-state index contributed by atoms with van der Waals surface area (Å²) < 4.78 is 0. The van der Waals surface area contributed by atoms with E-state index in [1.54, 1.807) is 0 Å². The van der Waals surface area contributed by atoms with Crippen molar-refractivity contribution in [2.75, 3.05) is 13.2 Å². The standard InChI is InChI=1S/C14H20N2O2/c1-14(10-17,11-6-3-2-4-7-11)16-13(18)12-8-5-9-15-12/h2-4,6-7,12,15,17H,5,8-10H2,1H3,(H,16,18)/t12-,14?/m1/s1. The Hall–Kier alpha value is -1.39. The second-order valence-electron chi connectivity index (χ2n) is 4.99. The Morgan fingerprint density at radius 1 is 1.50 bits per heavy atom. The van der Waals surface area contributed by atoms with Crippen LogP contribution in [-0.2, 0) is 10.3 Å². The molecule has 0 spiro atoms. The zero-order valence-electron chi connectivity index (χ0n) is 10.6. The first kappa shape index (κ1) is 13.1. The molecule has 1 aromatic rings. The molecule has 2 atom stereocenters. The molecule has 4 heteroatoms. The van der Waals surface area contributed by atoms with Crippen LogP contribution in [0.1, 0.15) is 25.3 Å². The Labute approximate surface area is 107 Å². The molecule has 2 rings (SSSR count). The molecule has 3 N–H and O–H groups in total. The molecule has 1 unspecified atom stereocenters. The molecule has 0 aliphatic carbocycles. The van der Waals surface area contributed by atoms with Crippen molar-refractivity contribution >= 4 is 5.91 Å². The first-order chi connectivity index (χ1) is 8.65. The van der Waals surface area contributed by atoms with Crippen molar-refractivity contribution in [1.82, 2.24) is 10.6 Å². The summed E-state index contributed by atoms with van der Waals surface area (Å²) in [5.41, 5.74) is 0.196. The van der Waals surface area contributed by atoms with Gasteiger partial charge in [0.2, 0.25) is 5.91 Å². The number of amides is 1. The second-order valence-corrected chi connectivity index (χ2v) is 4.99. The highest BCUT2D eigenvalue weighted by atomic mass is 16.3. The Morgan fingerprint density at radius 3 is 2.78 bits per heavy atom. The van der Waals surface area contributed by atoms with Crippen LogP contribution in [0.15, 0.2) is 30.3 Å². The summed E-state index contributed by atoms with van der Waals surface area (Å²) in [6.45, 7) is 2.62. The summed E-state index contributed by atoms with van der Waals surface area (Å²) in [7, 11) is 0. The Bertz CT molecular complexity index is 402. The number of carbonyl (C=O) groups excluding carboxylic acids is 1. The molecule has 0 saturated carbocycles. The number of benzene rings is 1. The third kappa shape index (κ3) is 2.71. The molecule has 98 valence electrons. The van der Waals surface area contributed by atoms with Crippen LogP contribution in [0, 0.1) is 0 Å². The summed E-state index contributed by atoms with van der Waals surface area (Å²) >= 11 is 0. The normalized spacial score (nSPS) is 22.4. The summed E-state index contributed by atoms with van der Waals surface area (Å²) in [5.74, 6) is -0.0343. The van der Waals surface area contributed by atoms with E-state index in [9.17, 15) is 9.90 Å². The number of aliphatic hydroxyl groups excluding tert-OH is 1. The van der Waals surface area contributed by atoms with Gasteiger partial charge in [0.15, 0.2) is 0 Å². The minimum absolute atomic E-state index is 0.0343. The first-order valence-corrected chi connectivity index (χ1v) is 6.37. The minimum atomic E-state index is -0.720. The minimum Gasteiger partial charge on any atom is -0.394 e. The van der Waals surface area contributed by atoms with Crippen LogP contribution in [0.2, 0.25) is 0 Å². The maximum atomic E-state index is 12.1. The van der Waals surface area contributed by atoms with Crippen molar-refractivity contribution in [3.05, 3.63) is 35.9 Å². The van der Waals surface area contributed by atoms with Crippen LogP contribution in [-0.4, -0.2) is 30.2 Å². The molecule has 1 saturated heterocycles. The molecule has 0 radical (unpaired) electrons. The van der Waals surface area contributed by atoms with Gasteiger partial charge in [-0.15, -0.1) is 0 Å². The fourth-order valence-electron chi connectivity index (χ4n) is 2.28. The summed E-state index contributed by atoms with van der Waals surface area (Å²) in [6.07, 6.45) is 1.89. The van der Waals surface area contributed by atoms with Crippen LogP contribution < -0.4 is 10.6 Å². The lowest BCUT2D eigenvalue weighted by molar-refractivity contribution is -0.125. The molecule has 18 heavy (non-hydrogen) atoms. The molecular formula is C14H20N2O2. The number of hydrogen-bond donors (Lipinski definition) is 3. The van der Waals surface area contributed by atoms with Crippen molar-refractivity contribution in [2.24, 2.45) is 0 Å². The van der Waals surface area contributed by atoms with E-state index in [1.165, 1.54) is 0 Å². The quantitative estimate of drug-likeness (QED) is 0.737. The second kappa shape index (κ2) is 5.50. The molecule has 1 amide bonds. The summed E-state index contributed by atoms with van der Waals surface area (Å²) in [5, 5.41) is 15.7. The monoisotopic (exact) mass is 248 g/mol. The highest BCUT2D eigenvalue weighted by molar-refractivity contribution is 5.82. The number of hydrogen-bond acceptors (Lipinski definition) is 3. The molecular weight excluding hydrogens is 228 g/mol. The van der Waals surface area contributed by atoms with Crippen LogP contribution in [0.5, 0.6) is 0 Å². The van der Waals surface area contributed by atoms with Gasteiger partial charge in [0.25, 0.3) is 0 Å². The third-order valence-corrected chi connectivity index (χ3v) is 3.50. The van der Waals surface area contributed by atoms with E-state index in [2.05, 4.69) is 10.6 Å². The molecule has 1 heterocycles. The topological polar surface area (TPSA) is 61.4 Å². The van der Waals surface area contributed by atoms with Gasteiger partial charge < -0.3 is 15.7 Å². The number of aliphatic hydroxyl groups is 1. The van der Waals surface area contributed by atoms with Crippen LogP contribution in [0.25, 0.3) is 0 Å². The van der Waals surface area contributed by atoms with E-state index in [1.807, 2.05) is 37.3 Å². The Kier molecular flexibility index (Phi) is 3.99. The van der Waals surface area contributed by atoms with E-state index >= 15 is 0 Å². The van der Waals surface area contributed by atoms with Crippen molar-refractivity contribution in [2.45, 2.75) is 31.3 Å². The van der Waals surface area contributed by atoms with Crippen LogP contribution >= 0.6 is 0 Å². The van der Waals surface area contributed by atoms with Gasteiger partial charge in [-0.25, -0.2) is 0 Å². The van der Waals surface area contributed by atoms with Gasteiger partial charge in [-0.2, -0.15) is 0 Å². The highest BCUT2D eigenvalue weighted by Crippen LogP contribution is 2.20. The SMILES string of the molecule is CC(CO)(NC(=O)[C@H]1CCCN1)c1ccccc1. The molecule has 1 aliphatic rings. The number of nitrogens with one attached hydrogen (secondary N) is 2. The van der Waals surface area contributed by atoms with Gasteiger partial charge in [-0.1, -0.05) is 30.3 Å². The average Bonchev–Trinajstić information content (AvgIpc) is 2.93. The van der Waals surface area contributed by atoms with E-state index in [0.717, 1.165) is 24.9 Å². The predicted octanol–water partition coefficient (Wildman–Crippen LogP) is 0.762. The number of rotatable bonds is 4. The van der Waals surface area contributed by atoms with Crippen molar-refractivity contribution in [3.8, 4) is 0 Å². The van der Waals surface area contributed by atoms with Gasteiger partial charge >= 0.3 is 0 Å². The van der Waals surface area contributed by atoms with E-state index in [0.29, 0.717) is 0 Å². The summed E-state index contributed by atoms with van der Waals surface area (Å²) in [4.78, 5) is 12.1. The first-order valence-electron chi connectivity index (χ1n) is 6.37. The van der Waals surface area contributed by atoms with Gasteiger partial charge in [-0.05, 0) is 31.9 Å².